The highest BCUT2D eigenvalue weighted by Crippen LogP contribution is 2.34. The molecule has 1 atom stereocenters. The Bertz CT molecular complexity index is 1690. The summed E-state index contributed by atoms with van der Waals surface area (Å²) in [4.78, 5) is 25.9. The summed E-state index contributed by atoms with van der Waals surface area (Å²) in [5.74, 6) is 3.37. The number of imidazole rings is 1. The molecule has 6 rings (SSSR count). The lowest BCUT2D eigenvalue weighted by atomic mass is 10.2. The molecule has 1 fully saturated rings. The summed E-state index contributed by atoms with van der Waals surface area (Å²) < 4.78 is 12.1. The molecule has 1 aliphatic rings. The van der Waals surface area contributed by atoms with Gasteiger partial charge in [-0.3, -0.25) is 9.89 Å². The Balaban J connectivity index is 1.14. The number of amides is 1. The molecule has 11 heteroatoms. The number of para-hydroxylation sites is 1. The number of carbonyl (C=O) groups is 1. The second-order valence-electron chi connectivity index (χ2n) is 9.12. The fourth-order valence-electron chi connectivity index (χ4n) is 4.50. The minimum atomic E-state index is -0.333. The summed E-state index contributed by atoms with van der Waals surface area (Å²) in [5, 5.41) is 21.0. The molecule has 1 aliphatic heterocycles. The number of likely N-dealkylation sites (tertiary alicyclic amines) is 1. The smallest absolute Gasteiger partial charge is 0.264 e. The first-order valence-electron chi connectivity index (χ1n) is 12.7. The van der Waals surface area contributed by atoms with E-state index in [1.54, 1.807) is 29.6 Å². The van der Waals surface area contributed by atoms with Crippen LogP contribution in [0.5, 0.6) is 23.0 Å². The normalized spacial score (nSPS) is 15.1. The number of carbonyl (C=O) groups excluding carboxylic acids is 1. The molecule has 1 amide bonds. The van der Waals surface area contributed by atoms with Crippen molar-refractivity contribution in [1.82, 2.24) is 30.0 Å². The molecule has 4 heterocycles. The van der Waals surface area contributed by atoms with E-state index < -0.39 is 0 Å². The quantitative estimate of drug-likeness (QED) is 0.189. The molecule has 0 aliphatic carbocycles. The number of anilines is 1. The van der Waals surface area contributed by atoms with E-state index >= 15 is 0 Å². The van der Waals surface area contributed by atoms with Gasteiger partial charge in [0.1, 0.15) is 45.9 Å². The van der Waals surface area contributed by atoms with E-state index in [0.29, 0.717) is 59.4 Å². The number of pyridine rings is 1. The van der Waals surface area contributed by atoms with Crippen LogP contribution >= 0.6 is 0 Å². The minimum Gasteiger partial charge on any atom is -0.457 e. The number of aromatic amines is 2. The first kappa shape index (κ1) is 24.7. The molecule has 11 nitrogen and oxygen atoms in total. The van der Waals surface area contributed by atoms with Gasteiger partial charge >= 0.3 is 0 Å². The van der Waals surface area contributed by atoms with Crippen LogP contribution in [0.4, 0.5) is 5.82 Å². The van der Waals surface area contributed by atoms with Crippen LogP contribution in [0, 0.1) is 11.3 Å². The minimum absolute atomic E-state index is 0.0286. The van der Waals surface area contributed by atoms with Crippen LogP contribution in [0.15, 0.2) is 84.8 Å². The average Bonchev–Trinajstić information content (AvgIpc) is 3.76. The van der Waals surface area contributed by atoms with Crippen molar-refractivity contribution in [2.24, 2.45) is 0 Å². The van der Waals surface area contributed by atoms with Gasteiger partial charge in [0.25, 0.3) is 5.91 Å². The highest BCUT2D eigenvalue weighted by atomic mass is 16.5. The fraction of sp³-hybridized carbons (Fsp3) is 0.138. The number of benzene rings is 2. The Labute approximate surface area is 229 Å². The second kappa shape index (κ2) is 11.0. The van der Waals surface area contributed by atoms with E-state index in [4.69, 9.17) is 9.47 Å². The van der Waals surface area contributed by atoms with Gasteiger partial charge in [-0.15, -0.1) is 0 Å². The van der Waals surface area contributed by atoms with Crippen molar-refractivity contribution in [2.75, 3.05) is 18.4 Å². The topological polar surface area (TPSA) is 145 Å². The Kier molecular flexibility index (Phi) is 6.79. The van der Waals surface area contributed by atoms with Crippen molar-refractivity contribution in [1.29, 1.82) is 5.26 Å². The van der Waals surface area contributed by atoms with Crippen molar-refractivity contribution in [2.45, 2.75) is 12.5 Å². The molecular formula is C29H24N8O3. The summed E-state index contributed by atoms with van der Waals surface area (Å²) in [7, 11) is 0. The van der Waals surface area contributed by atoms with Gasteiger partial charge < -0.3 is 24.7 Å². The Morgan fingerprint density at radius 2 is 1.80 bits per heavy atom. The van der Waals surface area contributed by atoms with Crippen molar-refractivity contribution >= 4 is 28.8 Å². The molecule has 0 spiro atoms. The van der Waals surface area contributed by atoms with Crippen molar-refractivity contribution in [3.8, 4) is 29.1 Å². The van der Waals surface area contributed by atoms with Crippen LogP contribution in [0.25, 0.3) is 17.1 Å². The zero-order chi connectivity index (χ0) is 27.3. The number of ether oxygens (including phenoxy) is 2. The zero-order valence-corrected chi connectivity index (χ0v) is 21.2. The summed E-state index contributed by atoms with van der Waals surface area (Å²) in [6, 6.07) is 20.6. The molecule has 0 saturated carbocycles. The van der Waals surface area contributed by atoms with Crippen molar-refractivity contribution in [3.05, 3.63) is 90.7 Å². The van der Waals surface area contributed by atoms with Crippen LogP contribution < -0.4 is 14.8 Å². The molecule has 198 valence electrons. The third-order valence-electron chi connectivity index (χ3n) is 6.42. The van der Waals surface area contributed by atoms with Gasteiger partial charge in [-0.05, 0) is 42.8 Å². The zero-order valence-electron chi connectivity index (χ0n) is 21.2. The van der Waals surface area contributed by atoms with E-state index in [1.807, 2.05) is 60.7 Å². The third kappa shape index (κ3) is 5.32. The molecule has 5 aromatic rings. The molecule has 0 unspecified atom stereocenters. The van der Waals surface area contributed by atoms with Crippen molar-refractivity contribution < 1.29 is 14.3 Å². The summed E-state index contributed by atoms with van der Waals surface area (Å²) >= 11 is 0. The molecular weight excluding hydrogens is 508 g/mol. The molecule has 0 bridgehead atoms. The first-order chi connectivity index (χ1) is 19.7. The van der Waals surface area contributed by atoms with Gasteiger partial charge in [0.15, 0.2) is 11.5 Å². The monoisotopic (exact) mass is 532 g/mol. The van der Waals surface area contributed by atoms with Gasteiger partial charge in [-0.2, -0.15) is 10.4 Å². The lowest BCUT2D eigenvalue weighted by Crippen LogP contribution is -2.32. The van der Waals surface area contributed by atoms with Gasteiger partial charge in [0, 0.05) is 49.9 Å². The van der Waals surface area contributed by atoms with Crippen LogP contribution in [0.2, 0.25) is 0 Å². The average molecular weight is 533 g/mol. The maximum absolute atomic E-state index is 13.0. The third-order valence-corrected chi connectivity index (χ3v) is 6.42. The number of H-pyrrole nitrogens is 2. The molecule has 0 radical (unpaired) electrons. The summed E-state index contributed by atoms with van der Waals surface area (Å²) in [6.07, 6.45) is 7.01. The van der Waals surface area contributed by atoms with E-state index in [1.165, 1.54) is 6.08 Å². The van der Waals surface area contributed by atoms with Crippen LogP contribution in [0.3, 0.4) is 0 Å². The molecule has 40 heavy (non-hydrogen) atoms. The molecule has 3 aromatic heterocycles. The van der Waals surface area contributed by atoms with Crippen LogP contribution in [-0.4, -0.2) is 55.1 Å². The maximum Gasteiger partial charge on any atom is 0.264 e. The van der Waals surface area contributed by atoms with Crippen molar-refractivity contribution in [3.63, 3.8) is 0 Å². The second-order valence-corrected chi connectivity index (χ2v) is 9.12. The van der Waals surface area contributed by atoms with E-state index in [2.05, 4.69) is 30.5 Å². The maximum atomic E-state index is 13.0. The Hall–Kier alpha value is -5.63. The number of rotatable bonds is 8. The number of aromatic nitrogens is 5. The summed E-state index contributed by atoms with van der Waals surface area (Å²) in [6.45, 7) is 0.929. The predicted octanol–water partition coefficient (Wildman–Crippen LogP) is 4.89. The molecule has 1 saturated heterocycles. The molecule has 2 aromatic carbocycles. The predicted molar refractivity (Wildman–Crippen MR) is 148 cm³/mol. The largest absolute Gasteiger partial charge is 0.457 e. The standard InChI is InChI=1S/C29H24N8O3/c30-17-19(16-25-31-13-14-32-25)29(38)37-15-11-20(18-37)34-28-26-24(10-12-33-27(26)35-36-28)40-23-8-6-22(7-9-23)39-21-4-2-1-3-5-21/h1-10,12-14,16,20H,11,15,18H2,(H,31,32)(H2,33,34,35,36)/t20-/m1/s1. The lowest BCUT2D eigenvalue weighted by molar-refractivity contribution is -0.125. The van der Waals surface area contributed by atoms with E-state index in [9.17, 15) is 10.1 Å². The number of nitrogens with one attached hydrogen (secondary N) is 3. The highest BCUT2D eigenvalue weighted by molar-refractivity contribution is 6.01. The lowest BCUT2D eigenvalue weighted by Gasteiger charge is -2.17. The van der Waals surface area contributed by atoms with Gasteiger partial charge in [-0.25, -0.2) is 9.97 Å². The van der Waals surface area contributed by atoms with Gasteiger partial charge in [0.2, 0.25) is 0 Å². The van der Waals surface area contributed by atoms with Crippen LogP contribution in [-0.2, 0) is 4.79 Å². The van der Waals surface area contributed by atoms with Gasteiger partial charge in [-0.1, -0.05) is 18.2 Å². The van der Waals surface area contributed by atoms with Crippen LogP contribution in [0.1, 0.15) is 12.2 Å². The number of hydrogen-bond acceptors (Lipinski definition) is 8. The van der Waals surface area contributed by atoms with E-state index in [-0.39, 0.29) is 17.5 Å². The molecule has 3 N–H and O–H groups in total. The number of nitrogens with zero attached hydrogens (tertiary/aromatic N) is 5. The van der Waals surface area contributed by atoms with E-state index in [0.717, 1.165) is 5.75 Å². The fourth-order valence-corrected chi connectivity index (χ4v) is 4.50. The Morgan fingerprint density at radius 3 is 2.55 bits per heavy atom. The number of fused-ring (bicyclic) bond motifs is 1. The highest BCUT2D eigenvalue weighted by Gasteiger charge is 2.29. The number of nitriles is 1. The SMILES string of the molecule is N#CC(=Cc1ncc[nH]1)C(=O)N1CC[C@@H](Nc2n[nH]c3nccc(Oc4ccc(Oc5ccccc5)cc4)c23)C1. The van der Waals surface area contributed by atoms with Gasteiger partial charge in [0.05, 0.1) is 0 Å². The summed E-state index contributed by atoms with van der Waals surface area (Å²) in [5.41, 5.74) is 0.601. The number of hydrogen-bond donors (Lipinski definition) is 3. The Morgan fingerprint density at radius 1 is 1.02 bits per heavy atom. The first-order valence-corrected chi connectivity index (χ1v) is 12.7.